The van der Waals surface area contributed by atoms with Crippen LogP contribution in [-0.2, 0) is 16.0 Å². The molecule has 1 N–H and O–H groups in total. The van der Waals surface area contributed by atoms with Crippen LogP contribution in [0.2, 0.25) is 0 Å². The first-order valence-corrected chi connectivity index (χ1v) is 9.09. The van der Waals surface area contributed by atoms with Crippen molar-refractivity contribution in [3.05, 3.63) is 17.0 Å². The predicted molar refractivity (Wildman–Crippen MR) is 93.1 cm³/mol. The van der Waals surface area contributed by atoms with Crippen LogP contribution in [0.3, 0.4) is 0 Å². The number of hydrogen-bond acceptors (Lipinski definition) is 5. The molecule has 138 valence electrons. The van der Waals surface area contributed by atoms with E-state index in [0.29, 0.717) is 32.4 Å². The lowest BCUT2D eigenvalue weighted by atomic mass is 9.86. The summed E-state index contributed by atoms with van der Waals surface area (Å²) in [5, 5.41) is 6.91. The van der Waals surface area contributed by atoms with Gasteiger partial charge < -0.3 is 14.7 Å². The van der Waals surface area contributed by atoms with Crippen LogP contribution in [0.5, 0.6) is 0 Å². The average molecular weight is 348 g/mol. The number of hydrogen-bond donors (Lipinski definition) is 1. The molecule has 1 atom stereocenters. The molecular weight excluding hydrogens is 320 g/mol. The molecule has 0 unspecified atom stereocenters. The molecule has 0 bridgehead atoms. The highest BCUT2D eigenvalue weighted by Gasteiger charge is 2.41. The molecule has 0 aromatic carbocycles. The van der Waals surface area contributed by atoms with Gasteiger partial charge in [-0.1, -0.05) is 5.16 Å². The van der Waals surface area contributed by atoms with Crippen LogP contribution in [0.1, 0.15) is 42.7 Å². The van der Waals surface area contributed by atoms with E-state index in [1.54, 1.807) is 0 Å². The van der Waals surface area contributed by atoms with E-state index in [9.17, 15) is 9.59 Å². The highest BCUT2D eigenvalue weighted by atomic mass is 16.5. The smallest absolute Gasteiger partial charge is 0.223 e. The molecule has 2 fully saturated rings. The van der Waals surface area contributed by atoms with Crippen molar-refractivity contribution in [3.63, 3.8) is 0 Å². The van der Waals surface area contributed by atoms with Crippen LogP contribution in [0.4, 0.5) is 0 Å². The maximum absolute atomic E-state index is 12.8. The fourth-order valence-corrected chi connectivity index (χ4v) is 4.06. The Morgan fingerprint density at radius 3 is 2.84 bits per heavy atom. The highest BCUT2D eigenvalue weighted by molar-refractivity contribution is 5.77. The molecule has 7 nitrogen and oxygen atoms in total. The van der Waals surface area contributed by atoms with Gasteiger partial charge in [0.2, 0.25) is 11.8 Å². The second-order valence-electron chi connectivity index (χ2n) is 7.36. The van der Waals surface area contributed by atoms with Gasteiger partial charge in [-0.15, -0.1) is 0 Å². The summed E-state index contributed by atoms with van der Waals surface area (Å²) in [7, 11) is 2.11. The average Bonchev–Trinajstić information content (AvgIpc) is 2.79. The van der Waals surface area contributed by atoms with Crippen LogP contribution in [0.15, 0.2) is 4.52 Å². The van der Waals surface area contributed by atoms with Crippen LogP contribution in [-0.4, -0.2) is 65.5 Å². The number of amides is 2. The Bertz CT molecular complexity index is 637. The van der Waals surface area contributed by atoms with Crippen molar-refractivity contribution >= 4 is 11.8 Å². The molecular formula is C18H28N4O3. The molecule has 2 amide bonds. The normalized spacial score (nSPS) is 25.1. The van der Waals surface area contributed by atoms with Gasteiger partial charge >= 0.3 is 0 Å². The third kappa shape index (κ3) is 3.71. The maximum atomic E-state index is 12.8. The van der Waals surface area contributed by atoms with Crippen molar-refractivity contribution in [2.24, 2.45) is 0 Å². The Balaban J connectivity index is 1.64. The number of nitrogens with zero attached hydrogens (tertiary/aromatic N) is 3. The summed E-state index contributed by atoms with van der Waals surface area (Å²) < 4.78 is 5.18. The van der Waals surface area contributed by atoms with Crippen molar-refractivity contribution in [3.8, 4) is 0 Å². The van der Waals surface area contributed by atoms with E-state index < -0.39 is 0 Å². The fraction of sp³-hybridized carbons (Fsp3) is 0.722. The summed E-state index contributed by atoms with van der Waals surface area (Å²) >= 11 is 0. The van der Waals surface area contributed by atoms with Gasteiger partial charge in [-0.05, 0) is 40.2 Å². The molecule has 1 aromatic heterocycles. The Kier molecular flexibility index (Phi) is 5.13. The second-order valence-corrected chi connectivity index (χ2v) is 7.36. The van der Waals surface area contributed by atoms with E-state index in [1.807, 2.05) is 18.7 Å². The summed E-state index contributed by atoms with van der Waals surface area (Å²) in [5.41, 5.74) is 1.82. The molecule has 2 saturated heterocycles. The van der Waals surface area contributed by atoms with Gasteiger partial charge in [0.25, 0.3) is 0 Å². The van der Waals surface area contributed by atoms with Gasteiger partial charge in [0, 0.05) is 50.1 Å². The minimum atomic E-state index is -0.0872. The lowest BCUT2D eigenvalue weighted by Crippen LogP contribution is -2.62. The fourth-order valence-electron chi connectivity index (χ4n) is 4.06. The van der Waals surface area contributed by atoms with Crippen molar-refractivity contribution in [1.82, 2.24) is 20.3 Å². The van der Waals surface area contributed by atoms with Crippen molar-refractivity contribution in [2.75, 3.05) is 33.2 Å². The van der Waals surface area contributed by atoms with E-state index in [-0.39, 0.29) is 17.4 Å². The van der Waals surface area contributed by atoms with Crippen LogP contribution in [0, 0.1) is 13.8 Å². The summed E-state index contributed by atoms with van der Waals surface area (Å²) in [6, 6.07) is 0. The summed E-state index contributed by atoms with van der Waals surface area (Å²) in [6.45, 7) is 6.80. The number of rotatable bonds is 3. The van der Waals surface area contributed by atoms with E-state index in [2.05, 4.69) is 22.4 Å². The third-order valence-corrected chi connectivity index (χ3v) is 5.85. The Morgan fingerprint density at radius 2 is 2.12 bits per heavy atom. The molecule has 1 spiro atoms. The number of carbonyl (C=O) groups excluding carboxylic acids is 2. The maximum Gasteiger partial charge on any atom is 0.223 e. The first kappa shape index (κ1) is 17.9. The van der Waals surface area contributed by atoms with Crippen LogP contribution < -0.4 is 5.32 Å². The van der Waals surface area contributed by atoms with Crippen molar-refractivity contribution in [1.29, 1.82) is 0 Å². The quantitative estimate of drug-likeness (QED) is 0.883. The highest BCUT2D eigenvalue weighted by Crippen LogP contribution is 2.30. The lowest BCUT2D eigenvalue weighted by molar-refractivity contribution is -0.136. The molecule has 0 saturated carbocycles. The molecule has 0 radical (unpaired) electrons. The molecule has 1 aromatic rings. The van der Waals surface area contributed by atoms with Crippen LogP contribution in [0.25, 0.3) is 0 Å². The topological polar surface area (TPSA) is 78.7 Å². The Labute approximate surface area is 148 Å². The molecule has 3 rings (SSSR count). The number of carbonyl (C=O) groups is 2. The third-order valence-electron chi connectivity index (χ3n) is 5.85. The number of nitrogens with one attached hydrogen (secondary N) is 1. The summed E-state index contributed by atoms with van der Waals surface area (Å²) in [4.78, 5) is 28.8. The van der Waals surface area contributed by atoms with Gasteiger partial charge in [-0.2, -0.15) is 0 Å². The molecule has 2 aliphatic heterocycles. The SMILES string of the molecule is Cc1noc(C)c1CCC(=O)N1CCN(C)[C@@]2(CCNC(=O)CC2)C1. The molecule has 25 heavy (non-hydrogen) atoms. The minimum absolute atomic E-state index is 0.0872. The van der Waals surface area contributed by atoms with E-state index in [0.717, 1.165) is 42.9 Å². The number of likely N-dealkylation sites (N-methyl/N-ethyl adjacent to an activating group) is 1. The van der Waals surface area contributed by atoms with Crippen molar-refractivity contribution in [2.45, 2.75) is 51.5 Å². The number of aromatic nitrogens is 1. The van der Waals surface area contributed by atoms with E-state index in [1.165, 1.54) is 0 Å². The second kappa shape index (κ2) is 7.15. The van der Waals surface area contributed by atoms with Gasteiger partial charge in [0.1, 0.15) is 5.76 Å². The monoisotopic (exact) mass is 348 g/mol. The molecule has 3 heterocycles. The standard InChI is InChI=1S/C18H28N4O3/c1-13-15(14(2)25-20-13)4-5-17(24)22-11-10-21(3)18(12-22)7-6-16(23)19-9-8-18/h4-12H2,1-3H3,(H,19,23)/t18-/m0/s1. The van der Waals surface area contributed by atoms with E-state index >= 15 is 0 Å². The largest absolute Gasteiger partial charge is 0.361 e. The Hall–Kier alpha value is -1.89. The zero-order valence-corrected chi connectivity index (χ0v) is 15.4. The van der Waals surface area contributed by atoms with Gasteiger partial charge in [-0.3, -0.25) is 14.5 Å². The van der Waals surface area contributed by atoms with E-state index in [4.69, 9.17) is 4.52 Å². The minimum Gasteiger partial charge on any atom is -0.361 e. The summed E-state index contributed by atoms with van der Waals surface area (Å²) in [5.74, 6) is 1.09. The number of piperazine rings is 1. The first-order valence-electron chi connectivity index (χ1n) is 9.09. The first-order chi connectivity index (χ1) is 11.9. The van der Waals surface area contributed by atoms with Crippen molar-refractivity contribution < 1.29 is 14.1 Å². The van der Waals surface area contributed by atoms with Crippen LogP contribution >= 0.6 is 0 Å². The lowest BCUT2D eigenvalue weighted by Gasteiger charge is -2.49. The number of aryl methyl sites for hydroxylation is 2. The molecule has 2 aliphatic rings. The zero-order valence-electron chi connectivity index (χ0n) is 15.4. The van der Waals surface area contributed by atoms with Gasteiger partial charge in [0.05, 0.1) is 5.69 Å². The summed E-state index contributed by atoms with van der Waals surface area (Å²) in [6.07, 6.45) is 3.37. The molecule has 7 heteroatoms. The zero-order chi connectivity index (χ0) is 18.0. The van der Waals surface area contributed by atoms with Gasteiger partial charge in [-0.25, -0.2) is 0 Å². The van der Waals surface area contributed by atoms with Gasteiger partial charge in [0.15, 0.2) is 0 Å². The predicted octanol–water partition coefficient (Wildman–Crippen LogP) is 1.04. The molecule has 0 aliphatic carbocycles. The Morgan fingerprint density at radius 1 is 1.32 bits per heavy atom.